The Labute approximate surface area is 201 Å². The van der Waals surface area contributed by atoms with Crippen LogP contribution in [0.3, 0.4) is 0 Å². The third-order valence-corrected chi connectivity index (χ3v) is 7.95. The van der Waals surface area contributed by atoms with E-state index in [1.54, 1.807) is 39.4 Å². The summed E-state index contributed by atoms with van der Waals surface area (Å²) in [4.78, 5) is 16.9. The fraction of sp³-hybridized carbons (Fsp3) is 0.360. The number of carbonyl (C=O) groups is 1. The van der Waals surface area contributed by atoms with Gasteiger partial charge < -0.3 is 14.6 Å². The summed E-state index contributed by atoms with van der Waals surface area (Å²) in [7, 11) is 1.29. The highest BCUT2D eigenvalue weighted by atomic mass is 32.2. The van der Waals surface area contributed by atoms with E-state index in [2.05, 4.69) is 10.3 Å². The first-order valence-corrected chi connectivity index (χ1v) is 12.5. The highest BCUT2D eigenvalue weighted by molar-refractivity contribution is 7.89. The quantitative estimate of drug-likeness (QED) is 0.448. The molecule has 182 valence electrons. The molecule has 0 saturated carbocycles. The van der Waals surface area contributed by atoms with Crippen LogP contribution in [0.1, 0.15) is 28.8 Å². The average Bonchev–Trinajstić information content (AvgIpc) is 3.20. The number of ketones is 1. The molecule has 3 rings (SSSR count). The van der Waals surface area contributed by atoms with Crippen molar-refractivity contribution in [1.82, 2.24) is 13.9 Å². The first kappa shape index (κ1) is 25.5. The summed E-state index contributed by atoms with van der Waals surface area (Å²) >= 11 is 0. The molecule has 0 aliphatic rings. The minimum atomic E-state index is -3.72. The summed E-state index contributed by atoms with van der Waals surface area (Å²) < 4.78 is 34.6. The Morgan fingerprint density at radius 1 is 1.15 bits per heavy atom. The number of benzene rings is 2. The van der Waals surface area contributed by atoms with Crippen LogP contribution in [0, 0.1) is 13.8 Å². The Hall–Kier alpha value is -3.17. The molecule has 1 N–H and O–H groups in total. The average molecular weight is 485 g/mol. The molecule has 1 aromatic heterocycles. The van der Waals surface area contributed by atoms with Crippen LogP contribution in [0.4, 0.5) is 5.69 Å². The number of aryl methyl sites for hydroxylation is 3. The molecule has 0 bridgehead atoms. The summed E-state index contributed by atoms with van der Waals surface area (Å²) in [6, 6.07) is 11.1. The number of ether oxygens (including phenoxy) is 1. The summed E-state index contributed by atoms with van der Waals surface area (Å²) in [5.41, 5.74) is 4.15. The van der Waals surface area contributed by atoms with Crippen molar-refractivity contribution in [3.8, 4) is 5.75 Å². The van der Waals surface area contributed by atoms with Gasteiger partial charge in [0.1, 0.15) is 11.5 Å². The highest BCUT2D eigenvalue weighted by Gasteiger charge is 2.25. The number of anilines is 1. The Kier molecular flexibility index (Phi) is 8.11. The lowest BCUT2D eigenvalue weighted by Crippen LogP contribution is -2.30. The van der Waals surface area contributed by atoms with Gasteiger partial charge in [-0.05, 0) is 54.8 Å². The molecule has 0 aliphatic carbocycles. The Morgan fingerprint density at radius 3 is 2.35 bits per heavy atom. The summed E-state index contributed by atoms with van der Waals surface area (Å²) in [5.74, 6) is 0.603. The molecule has 0 atom stereocenters. The SMILES string of the molecule is COc1cc(C)c(S(=O)(=O)N(C)CCC(=O)Cc2ccc(NCc3cncn3C)cc2)c(C)c1. The molecule has 0 radical (unpaired) electrons. The second kappa shape index (κ2) is 10.8. The summed E-state index contributed by atoms with van der Waals surface area (Å²) in [6.07, 6.45) is 3.98. The van der Waals surface area contributed by atoms with Crippen LogP contribution >= 0.6 is 0 Å². The highest BCUT2D eigenvalue weighted by Crippen LogP contribution is 2.27. The maximum Gasteiger partial charge on any atom is 0.243 e. The third-order valence-electron chi connectivity index (χ3n) is 5.79. The lowest BCUT2D eigenvalue weighted by molar-refractivity contribution is -0.118. The number of sulfonamides is 1. The van der Waals surface area contributed by atoms with Gasteiger partial charge in [-0.3, -0.25) is 4.79 Å². The lowest BCUT2D eigenvalue weighted by atomic mass is 10.1. The number of carbonyl (C=O) groups excluding carboxylic acids is 1. The van der Waals surface area contributed by atoms with Crippen LogP contribution in [0.25, 0.3) is 0 Å². The van der Waals surface area contributed by atoms with Crippen LogP contribution in [0.2, 0.25) is 0 Å². The second-order valence-electron chi connectivity index (χ2n) is 8.43. The molecular weight excluding hydrogens is 452 g/mol. The molecule has 0 amide bonds. The predicted octanol–water partition coefficient (Wildman–Crippen LogP) is 3.48. The molecular formula is C25H32N4O4S. The summed E-state index contributed by atoms with van der Waals surface area (Å²) in [5, 5.41) is 3.33. The monoisotopic (exact) mass is 484 g/mol. The van der Waals surface area contributed by atoms with E-state index in [9.17, 15) is 13.2 Å². The standard InChI is InChI=1S/C25H32N4O4S/c1-18-12-24(33-5)13-19(2)25(18)34(31,32)29(4)11-10-23(30)14-20-6-8-21(9-7-20)27-16-22-15-26-17-28(22)3/h6-9,12-13,15,17,27H,10-11,14,16H2,1-5H3. The normalized spacial score (nSPS) is 11.6. The number of nitrogens with zero attached hydrogens (tertiary/aromatic N) is 3. The largest absolute Gasteiger partial charge is 0.497 e. The van der Waals surface area contributed by atoms with Crippen molar-refractivity contribution in [1.29, 1.82) is 0 Å². The van der Waals surface area contributed by atoms with Crippen LogP contribution in [0.5, 0.6) is 5.75 Å². The zero-order valence-corrected chi connectivity index (χ0v) is 21.1. The molecule has 1 heterocycles. The molecule has 2 aromatic carbocycles. The fourth-order valence-electron chi connectivity index (χ4n) is 3.80. The fourth-order valence-corrected chi connectivity index (χ4v) is 5.37. The van der Waals surface area contributed by atoms with Crippen molar-refractivity contribution in [2.45, 2.75) is 38.1 Å². The van der Waals surface area contributed by atoms with Crippen LogP contribution < -0.4 is 10.1 Å². The number of imidazole rings is 1. The first-order chi connectivity index (χ1) is 16.1. The van der Waals surface area contributed by atoms with E-state index in [0.717, 1.165) is 16.9 Å². The van der Waals surface area contributed by atoms with E-state index >= 15 is 0 Å². The van der Waals surface area contributed by atoms with E-state index in [1.165, 1.54) is 11.4 Å². The number of hydrogen-bond donors (Lipinski definition) is 1. The van der Waals surface area contributed by atoms with Crippen LogP contribution in [-0.2, 0) is 34.8 Å². The zero-order valence-electron chi connectivity index (χ0n) is 20.3. The second-order valence-corrected chi connectivity index (χ2v) is 10.4. The van der Waals surface area contributed by atoms with E-state index in [-0.39, 0.29) is 30.1 Å². The van der Waals surface area contributed by atoms with Crippen molar-refractivity contribution in [2.75, 3.05) is 26.0 Å². The Bertz CT molecular complexity index is 1230. The summed E-state index contributed by atoms with van der Waals surface area (Å²) in [6.45, 7) is 4.27. The smallest absolute Gasteiger partial charge is 0.243 e. The minimum Gasteiger partial charge on any atom is -0.497 e. The first-order valence-electron chi connectivity index (χ1n) is 11.0. The molecule has 0 unspecified atom stereocenters. The van der Waals surface area contributed by atoms with Gasteiger partial charge in [0.15, 0.2) is 0 Å². The number of Topliss-reactive ketones (excluding diaryl/α,β-unsaturated/α-hetero) is 1. The van der Waals surface area contributed by atoms with E-state index in [4.69, 9.17) is 4.74 Å². The number of nitrogens with one attached hydrogen (secondary N) is 1. The topological polar surface area (TPSA) is 93.5 Å². The molecule has 34 heavy (non-hydrogen) atoms. The van der Waals surface area contributed by atoms with Crippen molar-refractivity contribution in [2.24, 2.45) is 7.05 Å². The number of methoxy groups -OCH3 is 1. The zero-order chi connectivity index (χ0) is 24.9. The van der Waals surface area contributed by atoms with Gasteiger partial charge in [0, 0.05) is 45.4 Å². The van der Waals surface area contributed by atoms with Crippen LogP contribution in [0.15, 0.2) is 53.8 Å². The molecule has 8 nitrogen and oxygen atoms in total. The number of rotatable bonds is 11. The molecule has 0 aliphatic heterocycles. The van der Waals surface area contributed by atoms with Gasteiger partial charge in [0.25, 0.3) is 0 Å². The van der Waals surface area contributed by atoms with Gasteiger partial charge in [-0.25, -0.2) is 17.7 Å². The van der Waals surface area contributed by atoms with Crippen molar-refractivity contribution in [3.63, 3.8) is 0 Å². The molecule has 9 heteroatoms. The number of aromatic nitrogens is 2. The van der Waals surface area contributed by atoms with E-state index in [1.807, 2.05) is 42.1 Å². The molecule has 0 fully saturated rings. The van der Waals surface area contributed by atoms with Crippen molar-refractivity contribution >= 4 is 21.5 Å². The Balaban J connectivity index is 1.54. The van der Waals surface area contributed by atoms with Crippen molar-refractivity contribution in [3.05, 3.63) is 71.3 Å². The van der Waals surface area contributed by atoms with Gasteiger partial charge in [-0.1, -0.05) is 12.1 Å². The van der Waals surface area contributed by atoms with Gasteiger partial charge >= 0.3 is 0 Å². The van der Waals surface area contributed by atoms with E-state index in [0.29, 0.717) is 23.4 Å². The van der Waals surface area contributed by atoms with Crippen LogP contribution in [-0.4, -0.2) is 48.8 Å². The van der Waals surface area contributed by atoms with Gasteiger partial charge in [-0.15, -0.1) is 0 Å². The van der Waals surface area contributed by atoms with Gasteiger partial charge in [0.2, 0.25) is 10.0 Å². The molecule has 0 saturated heterocycles. The maximum atomic E-state index is 13.1. The molecule has 0 spiro atoms. The predicted molar refractivity (Wildman–Crippen MR) is 133 cm³/mol. The van der Waals surface area contributed by atoms with Gasteiger partial charge in [0.05, 0.1) is 30.6 Å². The maximum absolute atomic E-state index is 13.1. The Morgan fingerprint density at radius 2 is 1.79 bits per heavy atom. The van der Waals surface area contributed by atoms with Gasteiger partial charge in [-0.2, -0.15) is 0 Å². The third kappa shape index (κ3) is 6.03. The number of hydrogen-bond acceptors (Lipinski definition) is 6. The minimum absolute atomic E-state index is 0.0131. The lowest BCUT2D eigenvalue weighted by Gasteiger charge is -2.20. The molecule has 3 aromatic rings. The van der Waals surface area contributed by atoms with E-state index < -0.39 is 10.0 Å². The van der Waals surface area contributed by atoms with Crippen molar-refractivity contribution < 1.29 is 17.9 Å².